The van der Waals surface area contributed by atoms with Crippen molar-refractivity contribution in [3.63, 3.8) is 0 Å². The minimum atomic E-state index is -0.637. The SMILES string of the molecule is O=C(NN=Cc1c[nH]nc1-c1ccc([N+](=O)[O-])o1)c1ccccc1Br. The largest absolute Gasteiger partial charge is 0.433 e. The van der Waals surface area contributed by atoms with Gasteiger partial charge in [-0.2, -0.15) is 10.2 Å². The molecule has 0 bridgehead atoms. The molecule has 1 amide bonds. The molecule has 0 aliphatic heterocycles. The molecule has 0 atom stereocenters. The van der Waals surface area contributed by atoms with Gasteiger partial charge in [-0.05, 0) is 34.1 Å². The van der Waals surface area contributed by atoms with E-state index >= 15 is 0 Å². The summed E-state index contributed by atoms with van der Waals surface area (Å²) in [5, 5.41) is 21.2. The molecule has 25 heavy (non-hydrogen) atoms. The number of carbonyl (C=O) groups excluding carboxylic acids is 1. The fourth-order valence-electron chi connectivity index (χ4n) is 2.01. The minimum absolute atomic E-state index is 0.214. The number of hydrogen-bond acceptors (Lipinski definition) is 6. The van der Waals surface area contributed by atoms with Crippen LogP contribution in [0.15, 0.2) is 56.6 Å². The van der Waals surface area contributed by atoms with Gasteiger partial charge >= 0.3 is 5.88 Å². The molecule has 10 heteroatoms. The number of halogens is 1. The Kier molecular flexibility index (Phi) is 4.70. The van der Waals surface area contributed by atoms with Crippen LogP contribution >= 0.6 is 15.9 Å². The number of carbonyl (C=O) groups is 1. The molecule has 126 valence electrons. The second-order valence-electron chi connectivity index (χ2n) is 4.76. The van der Waals surface area contributed by atoms with Crippen molar-refractivity contribution in [3.05, 3.63) is 68.3 Å². The van der Waals surface area contributed by atoms with Gasteiger partial charge in [-0.3, -0.25) is 20.0 Å². The Morgan fingerprint density at radius 2 is 2.16 bits per heavy atom. The van der Waals surface area contributed by atoms with Crippen molar-refractivity contribution in [1.82, 2.24) is 15.6 Å². The van der Waals surface area contributed by atoms with Crippen molar-refractivity contribution < 1.29 is 14.1 Å². The second kappa shape index (κ2) is 7.09. The average molecular weight is 404 g/mol. The van der Waals surface area contributed by atoms with Gasteiger partial charge in [0.05, 0.1) is 17.8 Å². The van der Waals surface area contributed by atoms with Crippen molar-refractivity contribution >= 4 is 33.9 Å². The first kappa shape index (κ1) is 16.6. The summed E-state index contributed by atoms with van der Waals surface area (Å²) in [6, 6.07) is 9.60. The third-order valence-corrected chi connectivity index (χ3v) is 3.85. The van der Waals surface area contributed by atoms with Crippen LogP contribution in [0.1, 0.15) is 15.9 Å². The summed E-state index contributed by atoms with van der Waals surface area (Å²) in [7, 11) is 0. The predicted molar refractivity (Wildman–Crippen MR) is 92.1 cm³/mol. The van der Waals surface area contributed by atoms with Crippen molar-refractivity contribution in [3.8, 4) is 11.5 Å². The fourth-order valence-corrected chi connectivity index (χ4v) is 2.48. The van der Waals surface area contributed by atoms with Crippen LogP contribution in [0.25, 0.3) is 11.5 Å². The van der Waals surface area contributed by atoms with E-state index in [1.165, 1.54) is 24.5 Å². The van der Waals surface area contributed by atoms with Gasteiger partial charge in [-0.15, -0.1) is 0 Å². The Labute approximate surface area is 149 Å². The van der Waals surface area contributed by atoms with Gasteiger partial charge < -0.3 is 4.42 Å². The Balaban J connectivity index is 1.75. The number of amides is 1. The molecule has 0 unspecified atom stereocenters. The van der Waals surface area contributed by atoms with E-state index in [-0.39, 0.29) is 17.6 Å². The standard InChI is InChI=1S/C15H10BrN5O4/c16-11-4-2-1-3-10(11)15(22)20-18-8-9-7-17-19-14(9)12-5-6-13(25-12)21(23)24/h1-8H,(H,17,19)(H,20,22). The Bertz CT molecular complexity index is 962. The van der Waals surface area contributed by atoms with Crippen LogP contribution in [0.3, 0.4) is 0 Å². The highest BCUT2D eigenvalue weighted by molar-refractivity contribution is 9.10. The van der Waals surface area contributed by atoms with Gasteiger partial charge in [0.15, 0.2) is 5.76 Å². The van der Waals surface area contributed by atoms with Gasteiger partial charge in [0.2, 0.25) is 0 Å². The number of nitro groups is 1. The van der Waals surface area contributed by atoms with E-state index < -0.39 is 4.92 Å². The molecule has 0 fully saturated rings. The number of nitrogens with one attached hydrogen (secondary N) is 2. The molecule has 2 heterocycles. The Hall–Kier alpha value is -3.27. The van der Waals surface area contributed by atoms with Gasteiger partial charge in [0, 0.05) is 16.2 Å². The van der Waals surface area contributed by atoms with Crippen molar-refractivity contribution in [1.29, 1.82) is 0 Å². The molecule has 2 aromatic heterocycles. The number of hydrogen-bond donors (Lipinski definition) is 2. The van der Waals surface area contributed by atoms with E-state index in [2.05, 4.69) is 36.7 Å². The third-order valence-electron chi connectivity index (χ3n) is 3.16. The Morgan fingerprint density at radius 1 is 1.36 bits per heavy atom. The first-order valence-corrected chi connectivity index (χ1v) is 7.72. The molecule has 0 spiro atoms. The number of rotatable bonds is 5. The smallest absolute Gasteiger partial charge is 0.399 e. The van der Waals surface area contributed by atoms with Crippen LogP contribution in [-0.2, 0) is 0 Å². The summed E-state index contributed by atoms with van der Waals surface area (Å²) in [6.07, 6.45) is 2.89. The van der Waals surface area contributed by atoms with Crippen LogP contribution < -0.4 is 5.43 Å². The molecular formula is C15H10BrN5O4. The molecular weight excluding hydrogens is 394 g/mol. The monoisotopic (exact) mass is 403 g/mol. The van der Waals surface area contributed by atoms with E-state index in [1.807, 2.05) is 0 Å². The lowest BCUT2D eigenvalue weighted by atomic mass is 10.2. The molecule has 3 rings (SSSR count). The lowest BCUT2D eigenvalue weighted by molar-refractivity contribution is -0.401. The summed E-state index contributed by atoms with van der Waals surface area (Å²) < 4.78 is 5.75. The molecule has 0 radical (unpaired) electrons. The topological polar surface area (TPSA) is 126 Å². The maximum absolute atomic E-state index is 12.1. The van der Waals surface area contributed by atoms with Crippen molar-refractivity contribution in [2.45, 2.75) is 0 Å². The quantitative estimate of drug-likeness (QED) is 0.384. The summed E-state index contributed by atoms with van der Waals surface area (Å²) in [4.78, 5) is 22.1. The zero-order chi connectivity index (χ0) is 17.8. The molecule has 0 aliphatic carbocycles. The predicted octanol–water partition coefficient (Wildman–Crippen LogP) is 3.10. The van der Waals surface area contributed by atoms with Gasteiger partial charge in [0.1, 0.15) is 10.6 Å². The van der Waals surface area contributed by atoms with E-state index in [4.69, 9.17) is 4.42 Å². The highest BCUT2D eigenvalue weighted by atomic mass is 79.9. The zero-order valence-electron chi connectivity index (χ0n) is 12.5. The van der Waals surface area contributed by atoms with Crippen LogP contribution in [0.4, 0.5) is 5.88 Å². The number of aromatic nitrogens is 2. The number of nitrogens with zero attached hydrogens (tertiary/aromatic N) is 3. The number of furan rings is 1. The summed E-state index contributed by atoms with van der Waals surface area (Å²) in [5.74, 6) is -0.558. The van der Waals surface area contributed by atoms with Gasteiger partial charge in [0.25, 0.3) is 5.91 Å². The molecule has 2 N–H and O–H groups in total. The lowest BCUT2D eigenvalue weighted by Crippen LogP contribution is -2.18. The second-order valence-corrected chi connectivity index (χ2v) is 5.62. The van der Waals surface area contributed by atoms with Gasteiger partial charge in [-0.25, -0.2) is 5.43 Å². The molecule has 0 saturated carbocycles. The van der Waals surface area contributed by atoms with Crippen LogP contribution in [0.2, 0.25) is 0 Å². The molecule has 1 aromatic carbocycles. The first-order chi connectivity index (χ1) is 12.1. The number of benzene rings is 1. The average Bonchev–Trinajstić information content (AvgIpc) is 3.24. The minimum Gasteiger partial charge on any atom is -0.399 e. The molecule has 0 saturated heterocycles. The molecule has 3 aromatic rings. The normalized spacial score (nSPS) is 10.9. The van der Waals surface area contributed by atoms with Crippen molar-refractivity contribution in [2.75, 3.05) is 0 Å². The summed E-state index contributed by atoms with van der Waals surface area (Å²) >= 11 is 3.29. The maximum atomic E-state index is 12.1. The van der Waals surface area contributed by atoms with E-state index in [0.29, 0.717) is 21.3 Å². The highest BCUT2D eigenvalue weighted by Gasteiger charge is 2.17. The third kappa shape index (κ3) is 3.63. The van der Waals surface area contributed by atoms with E-state index in [1.54, 1.807) is 24.3 Å². The summed E-state index contributed by atoms with van der Waals surface area (Å²) in [6.45, 7) is 0. The van der Waals surface area contributed by atoms with Crippen molar-refractivity contribution in [2.24, 2.45) is 5.10 Å². The fraction of sp³-hybridized carbons (Fsp3) is 0. The molecule has 9 nitrogen and oxygen atoms in total. The number of hydrazone groups is 1. The van der Waals surface area contributed by atoms with Crippen LogP contribution in [0, 0.1) is 10.1 Å². The summed E-state index contributed by atoms with van der Waals surface area (Å²) in [5.41, 5.74) is 3.68. The zero-order valence-corrected chi connectivity index (χ0v) is 14.1. The number of H-pyrrole nitrogens is 1. The van der Waals surface area contributed by atoms with E-state index in [9.17, 15) is 14.9 Å². The van der Waals surface area contributed by atoms with Crippen LogP contribution in [-0.4, -0.2) is 27.2 Å². The number of aromatic amines is 1. The van der Waals surface area contributed by atoms with Gasteiger partial charge in [-0.1, -0.05) is 12.1 Å². The maximum Gasteiger partial charge on any atom is 0.433 e. The van der Waals surface area contributed by atoms with E-state index in [0.717, 1.165) is 0 Å². The van der Waals surface area contributed by atoms with Crippen LogP contribution in [0.5, 0.6) is 0 Å². The molecule has 0 aliphatic rings. The Morgan fingerprint density at radius 3 is 2.88 bits per heavy atom. The lowest BCUT2D eigenvalue weighted by Gasteiger charge is -2.01. The highest BCUT2D eigenvalue weighted by Crippen LogP contribution is 2.26. The first-order valence-electron chi connectivity index (χ1n) is 6.92.